The summed E-state index contributed by atoms with van der Waals surface area (Å²) in [4.78, 5) is 22.5. The third kappa shape index (κ3) is 7.82. The number of benzene rings is 1. The van der Waals surface area contributed by atoms with Gasteiger partial charge in [0.2, 0.25) is 0 Å². The highest BCUT2D eigenvalue weighted by Crippen LogP contribution is 2.11. The zero-order valence-electron chi connectivity index (χ0n) is 12.4. The molecule has 0 fully saturated rings. The molecule has 0 bridgehead atoms. The zero-order chi connectivity index (χ0) is 15.9. The summed E-state index contributed by atoms with van der Waals surface area (Å²) in [5, 5.41) is 2.46. The fourth-order valence-electron chi connectivity index (χ4n) is 1.46. The molecule has 116 valence electrons. The Labute approximate surface area is 133 Å². The smallest absolute Gasteiger partial charge is 0.408 e. The quantitative estimate of drug-likeness (QED) is 0.794. The van der Waals surface area contributed by atoms with E-state index in [0.717, 1.165) is 10.0 Å². The van der Waals surface area contributed by atoms with Gasteiger partial charge in [0.15, 0.2) is 0 Å². The lowest BCUT2D eigenvalue weighted by atomic mass is 10.2. The molecule has 21 heavy (non-hydrogen) atoms. The minimum absolute atomic E-state index is 0.0960. The Morgan fingerprint density at radius 3 is 2.48 bits per heavy atom. The largest absolute Gasteiger partial charge is 0.444 e. The van der Waals surface area contributed by atoms with Gasteiger partial charge in [0.1, 0.15) is 17.9 Å². The van der Waals surface area contributed by atoms with Crippen molar-refractivity contribution in [2.75, 3.05) is 6.61 Å². The minimum Gasteiger partial charge on any atom is -0.444 e. The summed E-state index contributed by atoms with van der Waals surface area (Å²) in [5.41, 5.74) is 0.385. The van der Waals surface area contributed by atoms with Crippen LogP contribution >= 0.6 is 15.9 Å². The topological polar surface area (TPSA) is 64.6 Å². The Morgan fingerprint density at radius 1 is 1.33 bits per heavy atom. The molecule has 0 heterocycles. The Kier molecular flexibility index (Phi) is 6.84. The van der Waals surface area contributed by atoms with Crippen LogP contribution in [0.4, 0.5) is 4.79 Å². The van der Waals surface area contributed by atoms with Crippen molar-refractivity contribution in [2.45, 2.75) is 39.0 Å². The number of nitrogens with one attached hydrogen (secondary N) is 1. The van der Waals surface area contributed by atoms with E-state index >= 15 is 0 Å². The maximum Gasteiger partial charge on any atom is 0.408 e. The summed E-state index contributed by atoms with van der Waals surface area (Å²) >= 11 is 3.35. The summed E-state index contributed by atoms with van der Waals surface area (Å²) in [6.45, 7) is 5.73. The van der Waals surface area contributed by atoms with Crippen molar-refractivity contribution in [1.82, 2.24) is 5.32 Å². The molecule has 1 aromatic rings. The van der Waals surface area contributed by atoms with Gasteiger partial charge in [-0.05, 0) is 38.5 Å². The molecule has 1 aromatic carbocycles. The maximum atomic E-state index is 11.5. The molecule has 1 unspecified atom stereocenters. The van der Waals surface area contributed by atoms with Gasteiger partial charge >= 0.3 is 6.09 Å². The standard InChI is InChI=1S/C15H20BrNO4/c1-15(2,3)21-14(19)17-13(8-18)10-20-9-11-4-6-12(16)7-5-11/h4-8,13H,9-10H2,1-3H3,(H,17,19). The van der Waals surface area contributed by atoms with Crippen LogP contribution in [-0.4, -0.2) is 30.6 Å². The van der Waals surface area contributed by atoms with Crippen LogP contribution in [0.3, 0.4) is 0 Å². The van der Waals surface area contributed by atoms with Gasteiger partial charge < -0.3 is 19.6 Å². The average Bonchev–Trinajstić information content (AvgIpc) is 2.37. The average molecular weight is 358 g/mol. The van der Waals surface area contributed by atoms with Crippen LogP contribution in [0.25, 0.3) is 0 Å². The van der Waals surface area contributed by atoms with Crippen LogP contribution in [0.15, 0.2) is 28.7 Å². The molecule has 0 saturated carbocycles. The monoisotopic (exact) mass is 357 g/mol. The number of rotatable bonds is 6. The van der Waals surface area contributed by atoms with E-state index in [9.17, 15) is 9.59 Å². The summed E-state index contributed by atoms with van der Waals surface area (Å²) in [6.07, 6.45) is -0.00210. The molecule has 0 radical (unpaired) electrons. The molecule has 1 N–H and O–H groups in total. The van der Waals surface area contributed by atoms with Gasteiger partial charge in [-0.25, -0.2) is 4.79 Å². The molecule has 0 aliphatic carbocycles. The second-order valence-corrected chi connectivity index (χ2v) is 6.45. The highest BCUT2D eigenvalue weighted by Gasteiger charge is 2.19. The molecule has 0 spiro atoms. The normalized spacial score (nSPS) is 12.6. The number of hydrogen-bond donors (Lipinski definition) is 1. The second kappa shape index (κ2) is 8.14. The van der Waals surface area contributed by atoms with Crippen molar-refractivity contribution in [3.63, 3.8) is 0 Å². The number of alkyl carbamates (subject to hydrolysis) is 1. The number of halogens is 1. The molecule has 5 nitrogen and oxygen atoms in total. The van der Waals surface area contributed by atoms with E-state index in [0.29, 0.717) is 12.9 Å². The van der Waals surface area contributed by atoms with E-state index in [-0.39, 0.29) is 6.61 Å². The number of amides is 1. The predicted octanol–water partition coefficient (Wildman–Crippen LogP) is 3.06. The summed E-state index contributed by atoms with van der Waals surface area (Å²) in [6, 6.07) is 6.93. The van der Waals surface area contributed by atoms with Crippen molar-refractivity contribution in [3.8, 4) is 0 Å². The van der Waals surface area contributed by atoms with Gasteiger partial charge in [0, 0.05) is 4.47 Å². The SMILES string of the molecule is CC(C)(C)OC(=O)NC(C=O)COCc1ccc(Br)cc1. The first kappa shape index (κ1) is 17.7. The fraction of sp³-hybridized carbons (Fsp3) is 0.467. The van der Waals surface area contributed by atoms with E-state index in [1.165, 1.54) is 0 Å². The van der Waals surface area contributed by atoms with E-state index in [4.69, 9.17) is 9.47 Å². The van der Waals surface area contributed by atoms with Crippen molar-refractivity contribution >= 4 is 28.3 Å². The molecular weight excluding hydrogens is 338 g/mol. The molecule has 1 amide bonds. The molecular formula is C15H20BrNO4. The first-order valence-corrected chi connectivity index (χ1v) is 7.36. The molecule has 6 heteroatoms. The minimum atomic E-state index is -0.727. The highest BCUT2D eigenvalue weighted by atomic mass is 79.9. The summed E-state index contributed by atoms with van der Waals surface area (Å²) in [5.74, 6) is 0. The predicted molar refractivity (Wildman–Crippen MR) is 83.0 cm³/mol. The zero-order valence-corrected chi connectivity index (χ0v) is 14.0. The molecule has 0 saturated heterocycles. The molecule has 0 aliphatic rings. The summed E-state index contributed by atoms with van der Waals surface area (Å²) < 4.78 is 11.5. The Hall–Kier alpha value is -1.40. The van der Waals surface area contributed by atoms with E-state index in [2.05, 4.69) is 21.2 Å². The third-order valence-electron chi connectivity index (χ3n) is 2.35. The highest BCUT2D eigenvalue weighted by molar-refractivity contribution is 9.10. The third-order valence-corrected chi connectivity index (χ3v) is 2.87. The van der Waals surface area contributed by atoms with Crippen molar-refractivity contribution in [1.29, 1.82) is 0 Å². The van der Waals surface area contributed by atoms with Crippen LogP contribution in [0.2, 0.25) is 0 Å². The van der Waals surface area contributed by atoms with Crippen LogP contribution in [0, 0.1) is 0 Å². The lowest BCUT2D eigenvalue weighted by Gasteiger charge is -2.21. The van der Waals surface area contributed by atoms with E-state index < -0.39 is 17.7 Å². The van der Waals surface area contributed by atoms with E-state index in [1.54, 1.807) is 20.8 Å². The lowest BCUT2D eigenvalue weighted by molar-refractivity contribution is -0.111. The maximum absolute atomic E-state index is 11.5. The molecule has 0 aliphatic heterocycles. The van der Waals surface area contributed by atoms with Crippen molar-refractivity contribution in [2.24, 2.45) is 0 Å². The number of hydrogen-bond acceptors (Lipinski definition) is 4. The number of aldehydes is 1. The molecule has 1 atom stereocenters. The molecule has 1 rings (SSSR count). The van der Waals surface area contributed by atoms with E-state index in [1.807, 2.05) is 24.3 Å². The van der Waals surface area contributed by atoms with Gasteiger partial charge in [0.25, 0.3) is 0 Å². The van der Waals surface area contributed by atoms with Crippen molar-refractivity contribution in [3.05, 3.63) is 34.3 Å². The van der Waals surface area contributed by atoms with Crippen LogP contribution in [0.5, 0.6) is 0 Å². The first-order chi connectivity index (χ1) is 9.80. The Bertz CT molecular complexity index is 468. The van der Waals surface area contributed by atoms with Crippen molar-refractivity contribution < 1.29 is 19.1 Å². The molecule has 0 aromatic heterocycles. The first-order valence-electron chi connectivity index (χ1n) is 6.57. The number of carbonyl (C=O) groups is 2. The van der Waals surface area contributed by atoms with Crippen LogP contribution in [0.1, 0.15) is 26.3 Å². The second-order valence-electron chi connectivity index (χ2n) is 5.53. The Balaban J connectivity index is 2.35. The van der Waals surface area contributed by atoms with Gasteiger partial charge in [0.05, 0.1) is 13.2 Å². The van der Waals surface area contributed by atoms with Gasteiger partial charge in [-0.2, -0.15) is 0 Å². The lowest BCUT2D eigenvalue weighted by Crippen LogP contribution is -2.42. The van der Waals surface area contributed by atoms with Crippen LogP contribution in [-0.2, 0) is 20.9 Å². The fourth-order valence-corrected chi connectivity index (χ4v) is 1.72. The van der Waals surface area contributed by atoms with Gasteiger partial charge in [-0.3, -0.25) is 0 Å². The number of ether oxygens (including phenoxy) is 2. The van der Waals surface area contributed by atoms with Gasteiger partial charge in [-0.1, -0.05) is 28.1 Å². The van der Waals surface area contributed by atoms with Gasteiger partial charge in [-0.15, -0.1) is 0 Å². The summed E-state index contributed by atoms with van der Waals surface area (Å²) in [7, 11) is 0. The number of carbonyl (C=O) groups excluding carboxylic acids is 2. The van der Waals surface area contributed by atoms with Crippen LogP contribution < -0.4 is 5.32 Å². The Morgan fingerprint density at radius 2 is 1.95 bits per heavy atom.